The summed E-state index contributed by atoms with van der Waals surface area (Å²) in [5, 5.41) is 4.08. The van der Waals surface area contributed by atoms with Crippen molar-refractivity contribution in [1.29, 1.82) is 0 Å². The smallest absolute Gasteiger partial charge is 0.271 e. The van der Waals surface area contributed by atoms with Crippen LogP contribution in [0.15, 0.2) is 53.6 Å². The monoisotopic (exact) mass is 309 g/mol. The first-order valence-electron chi connectivity index (χ1n) is 7.60. The molecule has 3 rings (SSSR count). The second-order valence-corrected chi connectivity index (χ2v) is 5.34. The summed E-state index contributed by atoms with van der Waals surface area (Å²) in [5.74, 6) is 0.476. The third kappa shape index (κ3) is 3.51. The number of benzene rings is 2. The maximum absolute atomic E-state index is 12.0. The highest BCUT2D eigenvalue weighted by Crippen LogP contribution is 2.25. The van der Waals surface area contributed by atoms with Crippen LogP contribution in [0.1, 0.15) is 22.3 Å². The van der Waals surface area contributed by atoms with E-state index in [0.29, 0.717) is 5.56 Å². The zero-order valence-corrected chi connectivity index (χ0v) is 13.0. The van der Waals surface area contributed by atoms with E-state index in [4.69, 9.17) is 4.74 Å². The molecule has 1 aliphatic heterocycles. The lowest BCUT2D eigenvalue weighted by atomic mass is 10.0. The lowest BCUT2D eigenvalue weighted by molar-refractivity contribution is 0.0955. The fourth-order valence-electron chi connectivity index (χ4n) is 2.65. The average molecular weight is 309 g/mol. The van der Waals surface area contributed by atoms with Crippen molar-refractivity contribution in [3.05, 3.63) is 59.7 Å². The van der Waals surface area contributed by atoms with Crippen molar-refractivity contribution in [3.63, 3.8) is 0 Å². The third-order valence-electron chi connectivity index (χ3n) is 3.86. The quantitative estimate of drug-likeness (QED) is 0.537. The van der Waals surface area contributed by atoms with Gasteiger partial charge in [-0.2, -0.15) is 5.10 Å². The number of anilines is 1. The first-order chi connectivity index (χ1) is 11.3. The molecule has 0 radical (unpaired) electrons. The molecule has 23 heavy (non-hydrogen) atoms. The molecule has 5 heteroatoms. The van der Waals surface area contributed by atoms with Crippen LogP contribution in [-0.2, 0) is 6.42 Å². The van der Waals surface area contributed by atoms with Gasteiger partial charge in [-0.25, -0.2) is 5.43 Å². The second-order valence-electron chi connectivity index (χ2n) is 5.34. The summed E-state index contributed by atoms with van der Waals surface area (Å²) >= 11 is 0. The first-order valence-corrected chi connectivity index (χ1v) is 7.60. The van der Waals surface area contributed by atoms with E-state index < -0.39 is 0 Å². The summed E-state index contributed by atoms with van der Waals surface area (Å²) in [4.78, 5) is 14.1. The van der Waals surface area contributed by atoms with Gasteiger partial charge in [-0.1, -0.05) is 18.2 Å². The highest BCUT2D eigenvalue weighted by molar-refractivity contribution is 5.94. The number of methoxy groups -OCH3 is 1. The van der Waals surface area contributed by atoms with Crippen molar-refractivity contribution in [2.75, 3.05) is 18.6 Å². The number of para-hydroxylation sites is 1. The molecule has 0 fully saturated rings. The van der Waals surface area contributed by atoms with Crippen LogP contribution in [0, 0.1) is 0 Å². The van der Waals surface area contributed by atoms with Gasteiger partial charge in [0.2, 0.25) is 0 Å². The highest BCUT2D eigenvalue weighted by Gasteiger charge is 2.14. The number of hydrogen-bond donors (Lipinski definition) is 1. The predicted molar refractivity (Wildman–Crippen MR) is 91.1 cm³/mol. The van der Waals surface area contributed by atoms with Gasteiger partial charge in [0.05, 0.1) is 7.11 Å². The van der Waals surface area contributed by atoms with Crippen molar-refractivity contribution >= 4 is 17.9 Å². The molecule has 0 bridgehead atoms. The Bertz CT molecular complexity index is 710. The Hall–Kier alpha value is -2.82. The van der Waals surface area contributed by atoms with Gasteiger partial charge in [0, 0.05) is 17.8 Å². The molecule has 0 saturated carbocycles. The molecule has 0 atom stereocenters. The van der Waals surface area contributed by atoms with E-state index in [1.807, 2.05) is 12.1 Å². The number of rotatable bonds is 4. The van der Waals surface area contributed by atoms with Crippen LogP contribution in [0.25, 0.3) is 0 Å². The van der Waals surface area contributed by atoms with E-state index in [0.717, 1.165) is 30.8 Å². The van der Waals surface area contributed by atoms with Gasteiger partial charge < -0.3 is 9.64 Å². The topological polar surface area (TPSA) is 53.9 Å². The SMILES string of the molecule is COc1ccc(C(=O)N/N=C/N2CCCc3ccccc32)cc1. The molecule has 0 saturated heterocycles. The maximum atomic E-state index is 12.0. The highest BCUT2D eigenvalue weighted by atomic mass is 16.5. The average Bonchev–Trinajstić information content (AvgIpc) is 2.62. The maximum Gasteiger partial charge on any atom is 0.271 e. The fourth-order valence-corrected chi connectivity index (χ4v) is 2.65. The summed E-state index contributed by atoms with van der Waals surface area (Å²) in [6.07, 6.45) is 3.84. The van der Waals surface area contributed by atoms with Gasteiger partial charge in [0.25, 0.3) is 5.91 Å². The number of nitrogens with one attached hydrogen (secondary N) is 1. The minimum absolute atomic E-state index is 0.241. The van der Waals surface area contributed by atoms with Crippen molar-refractivity contribution < 1.29 is 9.53 Å². The summed E-state index contributed by atoms with van der Waals surface area (Å²) in [6, 6.07) is 15.2. The predicted octanol–water partition coefficient (Wildman–Crippen LogP) is 2.82. The molecule has 118 valence electrons. The lowest BCUT2D eigenvalue weighted by Crippen LogP contribution is -2.29. The number of hydrazone groups is 1. The summed E-state index contributed by atoms with van der Waals surface area (Å²) in [5.41, 5.74) is 5.57. The molecule has 1 amide bonds. The number of aryl methyl sites for hydroxylation is 1. The Morgan fingerprint density at radius 1 is 1.22 bits per heavy atom. The molecule has 1 aliphatic rings. The summed E-state index contributed by atoms with van der Waals surface area (Å²) < 4.78 is 5.07. The number of hydrogen-bond acceptors (Lipinski definition) is 3. The minimum Gasteiger partial charge on any atom is -0.497 e. The van der Waals surface area contributed by atoms with E-state index >= 15 is 0 Å². The van der Waals surface area contributed by atoms with Gasteiger partial charge >= 0.3 is 0 Å². The van der Waals surface area contributed by atoms with Crippen LogP contribution in [0.5, 0.6) is 5.75 Å². The lowest BCUT2D eigenvalue weighted by Gasteiger charge is -2.27. The van der Waals surface area contributed by atoms with Crippen LogP contribution < -0.4 is 15.1 Å². The Morgan fingerprint density at radius 2 is 2.00 bits per heavy atom. The molecule has 5 nitrogen and oxygen atoms in total. The van der Waals surface area contributed by atoms with Crippen molar-refractivity contribution in [3.8, 4) is 5.75 Å². The van der Waals surface area contributed by atoms with Gasteiger partial charge in [-0.3, -0.25) is 4.79 Å². The van der Waals surface area contributed by atoms with Gasteiger partial charge in [-0.15, -0.1) is 0 Å². The molecule has 2 aromatic rings. The Labute approximate surface area is 135 Å². The molecule has 0 aliphatic carbocycles. The number of fused-ring (bicyclic) bond motifs is 1. The van der Waals surface area contributed by atoms with Gasteiger partial charge in [-0.05, 0) is 48.7 Å². The number of carbonyl (C=O) groups excluding carboxylic acids is 1. The van der Waals surface area contributed by atoms with Crippen LogP contribution in [0.3, 0.4) is 0 Å². The normalized spacial score (nSPS) is 13.7. The van der Waals surface area contributed by atoms with Crippen LogP contribution >= 0.6 is 0 Å². The Balaban J connectivity index is 1.64. The molecule has 0 unspecified atom stereocenters. The molecule has 2 aromatic carbocycles. The van der Waals surface area contributed by atoms with Crippen molar-refractivity contribution in [1.82, 2.24) is 5.43 Å². The van der Waals surface area contributed by atoms with Crippen LogP contribution in [-0.4, -0.2) is 25.9 Å². The van der Waals surface area contributed by atoms with E-state index in [2.05, 4.69) is 27.6 Å². The Kier molecular flexibility index (Phi) is 4.57. The van der Waals surface area contributed by atoms with Crippen LogP contribution in [0.4, 0.5) is 5.69 Å². The van der Waals surface area contributed by atoms with Crippen molar-refractivity contribution in [2.24, 2.45) is 5.10 Å². The molecule has 0 spiro atoms. The Morgan fingerprint density at radius 3 is 2.78 bits per heavy atom. The first kappa shape index (κ1) is 15.1. The van der Waals surface area contributed by atoms with Crippen molar-refractivity contribution in [2.45, 2.75) is 12.8 Å². The number of carbonyl (C=O) groups is 1. The second kappa shape index (κ2) is 6.96. The van der Waals surface area contributed by atoms with E-state index in [9.17, 15) is 4.79 Å². The fraction of sp³-hybridized carbons (Fsp3) is 0.222. The summed E-state index contributed by atoms with van der Waals surface area (Å²) in [7, 11) is 1.59. The molecule has 1 heterocycles. The van der Waals surface area contributed by atoms with E-state index in [1.54, 1.807) is 37.7 Å². The summed E-state index contributed by atoms with van der Waals surface area (Å²) in [6.45, 7) is 0.902. The number of ether oxygens (including phenoxy) is 1. The number of amides is 1. The molecular weight excluding hydrogens is 290 g/mol. The third-order valence-corrected chi connectivity index (χ3v) is 3.86. The zero-order valence-electron chi connectivity index (χ0n) is 13.0. The van der Waals surface area contributed by atoms with Gasteiger partial charge in [0.15, 0.2) is 0 Å². The van der Waals surface area contributed by atoms with E-state index in [-0.39, 0.29) is 5.91 Å². The zero-order chi connectivity index (χ0) is 16.1. The number of nitrogens with zero attached hydrogens (tertiary/aromatic N) is 2. The molecular formula is C18H19N3O2. The molecule has 1 N–H and O–H groups in total. The standard InChI is InChI=1S/C18H19N3O2/c1-23-16-10-8-15(9-11-16)18(22)20-19-13-21-12-4-6-14-5-2-3-7-17(14)21/h2-3,5,7-11,13H,4,6,12H2,1H3,(H,20,22)/b19-13+. The van der Waals surface area contributed by atoms with E-state index in [1.165, 1.54) is 5.56 Å². The largest absolute Gasteiger partial charge is 0.497 e. The van der Waals surface area contributed by atoms with Gasteiger partial charge in [0.1, 0.15) is 12.1 Å². The minimum atomic E-state index is -0.241. The van der Waals surface area contributed by atoms with Crippen LogP contribution in [0.2, 0.25) is 0 Å². The molecule has 0 aromatic heterocycles.